The van der Waals surface area contributed by atoms with Crippen molar-refractivity contribution < 1.29 is 42.0 Å². The van der Waals surface area contributed by atoms with Crippen molar-refractivity contribution in [3.05, 3.63) is 68.6 Å². The standard InChI is InChI=1S/C20H13F3N2O7S/c1-31-17(26)10-24-18(27)16(33-19(24)28)8-11-3-2-4-13(7-11)32-15-6-5-12(20(21,22)23)9-14(15)25(29)30/h2-9H,10H2,1H3/b16-8+. The molecule has 2 amide bonds. The topological polar surface area (TPSA) is 116 Å². The van der Waals surface area contributed by atoms with Gasteiger partial charge in [0, 0.05) is 6.07 Å². The lowest BCUT2D eigenvalue weighted by Crippen LogP contribution is -2.34. The zero-order valence-electron chi connectivity index (χ0n) is 16.6. The third-order valence-corrected chi connectivity index (χ3v) is 5.16. The number of nitro groups is 1. The molecule has 0 bridgehead atoms. The lowest BCUT2D eigenvalue weighted by atomic mass is 10.1. The van der Waals surface area contributed by atoms with Crippen LogP contribution in [0.5, 0.6) is 11.5 Å². The number of thioether (sulfide) groups is 1. The largest absolute Gasteiger partial charge is 0.468 e. The van der Waals surface area contributed by atoms with E-state index in [1.54, 1.807) is 6.07 Å². The van der Waals surface area contributed by atoms with Gasteiger partial charge in [-0.25, -0.2) is 0 Å². The molecule has 33 heavy (non-hydrogen) atoms. The highest BCUT2D eigenvalue weighted by Crippen LogP contribution is 2.38. The predicted molar refractivity (Wildman–Crippen MR) is 109 cm³/mol. The highest BCUT2D eigenvalue weighted by atomic mass is 32.2. The first-order chi connectivity index (χ1) is 15.5. The number of hydrogen-bond donors (Lipinski definition) is 0. The maximum absolute atomic E-state index is 12.9. The summed E-state index contributed by atoms with van der Waals surface area (Å²) in [7, 11) is 1.11. The Morgan fingerprint density at radius 3 is 2.58 bits per heavy atom. The summed E-state index contributed by atoms with van der Waals surface area (Å²) in [5, 5.41) is 10.6. The molecular weight excluding hydrogens is 469 g/mol. The van der Waals surface area contributed by atoms with Gasteiger partial charge >= 0.3 is 17.8 Å². The third kappa shape index (κ3) is 5.49. The Balaban J connectivity index is 1.85. The number of carbonyl (C=O) groups is 3. The molecule has 2 aromatic carbocycles. The number of halogens is 3. The van der Waals surface area contributed by atoms with E-state index in [1.165, 1.54) is 24.3 Å². The summed E-state index contributed by atoms with van der Waals surface area (Å²) in [4.78, 5) is 46.7. The Morgan fingerprint density at radius 2 is 1.94 bits per heavy atom. The van der Waals surface area contributed by atoms with Crippen LogP contribution < -0.4 is 4.74 Å². The first-order valence-corrected chi connectivity index (χ1v) is 9.77. The molecule has 0 atom stereocenters. The van der Waals surface area contributed by atoms with Crippen LogP contribution in [0, 0.1) is 10.1 Å². The number of alkyl halides is 3. The van der Waals surface area contributed by atoms with Crippen molar-refractivity contribution in [1.82, 2.24) is 4.90 Å². The summed E-state index contributed by atoms with van der Waals surface area (Å²) in [6.07, 6.45) is -3.42. The van der Waals surface area contributed by atoms with Crippen LogP contribution in [0.2, 0.25) is 0 Å². The number of methoxy groups -OCH3 is 1. The second-order valence-corrected chi connectivity index (χ2v) is 7.45. The van der Waals surface area contributed by atoms with Gasteiger partial charge in [0.25, 0.3) is 11.1 Å². The zero-order chi connectivity index (χ0) is 24.3. The summed E-state index contributed by atoms with van der Waals surface area (Å²) >= 11 is 0.603. The van der Waals surface area contributed by atoms with E-state index >= 15 is 0 Å². The second-order valence-electron chi connectivity index (χ2n) is 6.46. The average Bonchev–Trinajstić information content (AvgIpc) is 3.00. The predicted octanol–water partition coefficient (Wildman–Crippen LogP) is 4.62. The van der Waals surface area contributed by atoms with Crippen molar-refractivity contribution in [3.63, 3.8) is 0 Å². The Hall–Kier alpha value is -3.87. The van der Waals surface area contributed by atoms with Gasteiger partial charge in [-0.15, -0.1) is 0 Å². The number of nitrogens with zero attached hydrogens (tertiary/aromatic N) is 2. The van der Waals surface area contributed by atoms with Crippen LogP contribution in [0.4, 0.5) is 23.7 Å². The van der Waals surface area contributed by atoms with Crippen molar-refractivity contribution in [2.24, 2.45) is 0 Å². The van der Waals surface area contributed by atoms with E-state index in [1.807, 2.05) is 0 Å². The van der Waals surface area contributed by atoms with Gasteiger partial charge in [0.2, 0.25) is 5.75 Å². The van der Waals surface area contributed by atoms with E-state index in [2.05, 4.69) is 4.74 Å². The summed E-state index contributed by atoms with van der Waals surface area (Å²) in [5.41, 5.74) is -1.71. The van der Waals surface area contributed by atoms with Crippen LogP contribution in [0.3, 0.4) is 0 Å². The molecule has 0 saturated carbocycles. The molecule has 0 unspecified atom stereocenters. The van der Waals surface area contributed by atoms with Crippen molar-refractivity contribution in [2.45, 2.75) is 6.18 Å². The van der Waals surface area contributed by atoms with Crippen molar-refractivity contribution in [1.29, 1.82) is 0 Å². The van der Waals surface area contributed by atoms with Crippen molar-refractivity contribution in [2.75, 3.05) is 13.7 Å². The van der Waals surface area contributed by atoms with Gasteiger partial charge in [-0.05, 0) is 47.7 Å². The molecule has 0 radical (unpaired) electrons. The van der Waals surface area contributed by atoms with E-state index in [0.717, 1.165) is 13.2 Å². The molecule has 0 spiro atoms. The molecule has 172 valence electrons. The summed E-state index contributed by atoms with van der Waals surface area (Å²) in [6, 6.07) is 7.67. The van der Waals surface area contributed by atoms with Gasteiger partial charge in [-0.1, -0.05) is 12.1 Å². The number of esters is 1. The Bertz CT molecular complexity index is 1180. The van der Waals surface area contributed by atoms with Gasteiger partial charge in [-0.3, -0.25) is 29.4 Å². The van der Waals surface area contributed by atoms with Crippen LogP contribution >= 0.6 is 11.8 Å². The molecule has 1 heterocycles. The molecule has 0 aromatic heterocycles. The fraction of sp³-hybridized carbons (Fsp3) is 0.150. The number of amides is 2. The molecule has 9 nitrogen and oxygen atoms in total. The molecule has 0 N–H and O–H groups in total. The molecule has 1 fully saturated rings. The smallest absolute Gasteiger partial charge is 0.416 e. The number of hydrogen-bond acceptors (Lipinski definition) is 8. The maximum atomic E-state index is 12.9. The molecule has 1 saturated heterocycles. The Labute approximate surface area is 187 Å². The minimum atomic E-state index is -4.76. The average molecular weight is 482 g/mol. The second kappa shape index (κ2) is 9.32. The van der Waals surface area contributed by atoms with E-state index < -0.39 is 51.8 Å². The van der Waals surface area contributed by atoms with Gasteiger partial charge in [0.1, 0.15) is 12.3 Å². The van der Waals surface area contributed by atoms with Gasteiger partial charge in [-0.2, -0.15) is 13.2 Å². The SMILES string of the molecule is COC(=O)CN1C(=O)S/C(=C/c2cccc(Oc3ccc(C(F)(F)F)cc3[N+](=O)[O-])c2)C1=O. The number of nitro benzene ring substituents is 1. The Morgan fingerprint density at radius 1 is 1.21 bits per heavy atom. The molecule has 13 heteroatoms. The number of carbonyl (C=O) groups excluding carboxylic acids is 3. The van der Waals surface area contributed by atoms with Gasteiger partial charge in [0.15, 0.2) is 0 Å². The lowest BCUT2D eigenvalue weighted by Gasteiger charge is -2.10. The van der Waals surface area contributed by atoms with Crippen LogP contribution in [0.25, 0.3) is 6.08 Å². The van der Waals surface area contributed by atoms with Crippen molar-refractivity contribution in [3.8, 4) is 11.5 Å². The molecule has 1 aliphatic rings. The quantitative estimate of drug-likeness (QED) is 0.254. The van der Waals surface area contributed by atoms with Crippen LogP contribution in [0.15, 0.2) is 47.4 Å². The summed E-state index contributed by atoms with van der Waals surface area (Å²) in [6.45, 7) is -0.542. The van der Waals surface area contributed by atoms with Crippen molar-refractivity contribution >= 4 is 40.6 Å². The monoisotopic (exact) mass is 482 g/mol. The number of rotatable bonds is 6. The van der Waals surface area contributed by atoms with E-state index in [0.29, 0.717) is 34.4 Å². The lowest BCUT2D eigenvalue weighted by molar-refractivity contribution is -0.385. The first-order valence-electron chi connectivity index (χ1n) is 8.95. The van der Waals surface area contributed by atoms with Crippen LogP contribution in [0.1, 0.15) is 11.1 Å². The molecule has 2 aromatic rings. The molecule has 1 aliphatic heterocycles. The number of ether oxygens (including phenoxy) is 2. The van der Waals surface area contributed by atoms with Crippen LogP contribution in [-0.2, 0) is 20.5 Å². The van der Waals surface area contributed by atoms with Gasteiger partial charge < -0.3 is 9.47 Å². The fourth-order valence-corrected chi connectivity index (χ4v) is 3.54. The summed E-state index contributed by atoms with van der Waals surface area (Å²) < 4.78 is 48.4. The highest BCUT2D eigenvalue weighted by molar-refractivity contribution is 8.18. The minimum Gasteiger partial charge on any atom is -0.468 e. The minimum absolute atomic E-state index is 0.0153. The number of benzene rings is 2. The van der Waals surface area contributed by atoms with Crippen LogP contribution in [-0.4, -0.2) is 40.6 Å². The van der Waals surface area contributed by atoms with E-state index in [-0.39, 0.29) is 10.7 Å². The van der Waals surface area contributed by atoms with Gasteiger partial charge in [0.05, 0.1) is 22.5 Å². The Kier molecular flexibility index (Phi) is 6.72. The molecule has 0 aliphatic carbocycles. The maximum Gasteiger partial charge on any atom is 0.416 e. The molecule has 3 rings (SSSR count). The summed E-state index contributed by atoms with van der Waals surface area (Å²) in [5.74, 6) is -1.85. The third-order valence-electron chi connectivity index (χ3n) is 4.26. The van der Waals surface area contributed by atoms with E-state index in [9.17, 15) is 37.7 Å². The first kappa shape index (κ1) is 23.8. The normalized spacial score (nSPS) is 15.2. The number of imide groups is 1. The zero-order valence-corrected chi connectivity index (χ0v) is 17.4. The fourth-order valence-electron chi connectivity index (χ4n) is 2.70. The van der Waals surface area contributed by atoms with E-state index in [4.69, 9.17) is 4.74 Å². The highest BCUT2D eigenvalue weighted by Gasteiger charge is 2.36. The molecular formula is C20H13F3N2O7S.